The van der Waals surface area contributed by atoms with Crippen molar-refractivity contribution in [3.63, 3.8) is 0 Å². The van der Waals surface area contributed by atoms with Gasteiger partial charge in [-0.05, 0) is 38.1 Å². The summed E-state index contributed by atoms with van der Waals surface area (Å²) in [5, 5.41) is 0. The normalized spacial score (nSPS) is 26.1. The van der Waals surface area contributed by atoms with Crippen LogP contribution in [0.3, 0.4) is 0 Å². The maximum atomic E-state index is 13.3. The first-order valence-electron chi connectivity index (χ1n) is 10.5. The van der Waals surface area contributed by atoms with Gasteiger partial charge < -0.3 is 24.2 Å². The fourth-order valence-electron chi connectivity index (χ4n) is 4.85. The van der Waals surface area contributed by atoms with E-state index in [1.807, 2.05) is 23.1 Å². The monoisotopic (exact) mass is 401 g/mol. The van der Waals surface area contributed by atoms with Crippen LogP contribution in [0, 0.1) is 11.8 Å². The van der Waals surface area contributed by atoms with Gasteiger partial charge in [-0.15, -0.1) is 0 Å². The minimum Gasteiger partial charge on any atom is -0.497 e. The van der Waals surface area contributed by atoms with E-state index in [4.69, 9.17) is 9.47 Å². The minimum absolute atomic E-state index is 0.00554. The third kappa shape index (κ3) is 4.41. The number of ether oxygens (including phenoxy) is 2. The van der Waals surface area contributed by atoms with Gasteiger partial charge in [0.1, 0.15) is 5.75 Å². The first-order valence-corrected chi connectivity index (χ1v) is 10.5. The summed E-state index contributed by atoms with van der Waals surface area (Å²) >= 11 is 0. The van der Waals surface area contributed by atoms with Crippen LogP contribution in [0.4, 0.5) is 0 Å². The van der Waals surface area contributed by atoms with Gasteiger partial charge in [0.25, 0.3) is 5.91 Å². The third-order valence-corrected chi connectivity index (χ3v) is 6.38. The molecule has 0 radical (unpaired) electrons. The molecule has 4 rings (SSSR count). The van der Waals surface area contributed by atoms with Crippen LogP contribution < -0.4 is 4.74 Å². The average Bonchev–Trinajstić information content (AvgIpc) is 3.03. The first kappa shape index (κ1) is 20.2. The summed E-state index contributed by atoms with van der Waals surface area (Å²) in [6, 6.07) is 7.39. The second-order valence-corrected chi connectivity index (χ2v) is 8.57. The number of benzene rings is 1. The zero-order chi connectivity index (χ0) is 20.4. The maximum absolute atomic E-state index is 13.3. The van der Waals surface area contributed by atoms with E-state index >= 15 is 0 Å². The fraction of sp³-hybridized carbons (Fsp3) is 0.636. The van der Waals surface area contributed by atoms with Crippen molar-refractivity contribution in [3.8, 4) is 5.75 Å². The summed E-state index contributed by atoms with van der Waals surface area (Å²) in [6.07, 6.45) is 1.44. The number of carbonyl (C=O) groups is 2. The Balaban J connectivity index is 1.37. The lowest BCUT2D eigenvalue weighted by Gasteiger charge is -2.36. The first-order chi connectivity index (χ1) is 14.0. The maximum Gasteiger partial charge on any atom is 0.253 e. The van der Waals surface area contributed by atoms with E-state index in [1.54, 1.807) is 13.2 Å². The molecule has 0 spiro atoms. The molecule has 3 saturated heterocycles. The van der Waals surface area contributed by atoms with E-state index in [9.17, 15) is 9.59 Å². The Morgan fingerprint density at radius 1 is 1.10 bits per heavy atom. The van der Waals surface area contributed by atoms with Crippen LogP contribution in [-0.2, 0) is 9.53 Å². The van der Waals surface area contributed by atoms with Crippen LogP contribution in [-0.4, -0.2) is 92.7 Å². The van der Waals surface area contributed by atoms with Crippen molar-refractivity contribution in [1.29, 1.82) is 0 Å². The van der Waals surface area contributed by atoms with Crippen LogP contribution in [0.2, 0.25) is 0 Å². The van der Waals surface area contributed by atoms with Gasteiger partial charge in [0, 0.05) is 50.1 Å². The number of fused-ring (bicyclic) bond motifs is 3. The Kier molecular flexibility index (Phi) is 6.06. The molecule has 158 valence electrons. The Morgan fingerprint density at radius 2 is 1.90 bits per heavy atom. The lowest BCUT2D eigenvalue weighted by molar-refractivity contribution is -0.139. The number of methoxy groups -OCH3 is 1. The van der Waals surface area contributed by atoms with Crippen LogP contribution in [0.15, 0.2) is 24.3 Å². The molecule has 3 aliphatic rings. The number of amides is 2. The highest BCUT2D eigenvalue weighted by Gasteiger charge is 2.38. The summed E-state index contributed by atoms with van der Waals surface area (Å²) in [4.78, 5) is 32.4. The van der Waals surface area contributed by atoms with Gasteiger partial charge in [-0.3, -0.25) is 9.59 Å². The smallest absolute Gasteiger partial charge is 0.253 e. The molecular weight excluding hydrogens is 370 g/mol. The molecule has 0 saturated carbocycles. The minimum atomic E-state index is -0.00554. The van der Waals surface area contributed by atoms with Crippen LogP contribution >= 0.6 is 0 Å². The van der Waals surface area contributed by atoms with Crippen molar-refractivity contribution in [2.75, 3.05) is 60.1 Å². The number of carbonyl (C=O) groups excluding carboxylic acids is 2. The van der Waals surface area contributed by atoms with Crippen molar-refractivity contribution in [3.05, 3.63) is 29.8 Å². The lowest BCUT2D eigenvalue weighted by Crippen LogP contribution is -2.50. The Labute approximate surface area is 172 Å². The zero-order valence-electron chi connectivity index (χ0n) is 17.4. The summed E-state index contributed by atoms with van der Waals surface area (Å²) in [6.45, 7) is 5.23. The van der Waals surface area contributed by atoms with Crippen molar-refractivity contribution in [2.45, 2.75) is 18.9 Å². The second-order valence-electron chi connectivity index (χ2n) is 8.57. The van der Waals surface area contributed by atoms with Gasteiger partial charge in [-0.1, -0.05) is 6.07 Å². The van der Waals surface area contributed by atoms with Crippen molar-refractivity contribution in [1.82, 2.24) is 14.7 Å². The topological polar surface area (TPSA) is 62.3 Å². The molecule has 0 N–H and O–H groups in total. The predicted molar refractivity (Wildman–Crippen MR) is 109 cm³/mol. The standard InChI is InChI=1S/C22H31N3O4/c1-23-11-16-12-25(19(13-23)15-29-14-16)22(27)17-6-8-24(9-7-17)21(26)18-4-3-5-20(10-18)28-2/h3-5,10,16-17,19H,6-9,11-15H2,1-2H3/t16-,19-/m0/s1. The molecule has 7 heteroatoms. The van der Waals surface area contributed by atoms with Crippen LogP contribution in [0.5, 0.6) is 5.75 Å². The van der Waals surface area contributed by atoms with E-state index in [-0.39, 0.29) is 23.8 Å². The quantitative estimate of drug-likeness (QED) is 0.765. The van der Waals surface area contributed by atoms with Gasteiger partial charge in [-0.25, -0.2) is 0 Å². The zero-order valence-corrected chi connectivity index (χ0v) is 17.4. The Morgan fingerprint density at radius 3 is 2.66 bits per heavy atom. The van der Waals surface area contributed by atoms with Crippen molar-refractivity contribution in [2.24, 2.45) is 11.8 Å². The highest BCUT2D eigenvalue weighted by molar-refractivity contribution is 5.94. The number of hydrogen-bond acceptors (Lipinski definition) is 5. The van der Waals surface area contributed by atoms with Gasteiger partial charge in [0.05, 0.1) is 26.4 Å². The molecule has 29 heavy (non-hydrogen) atoms. The largest absolute Gasteiger partial charge is 0.497 e. The van der Waals surface area contributed by atoms with Crippen LogP contribution in [0.1, 0.15) is 23.2 Å². The molecule has 3 aliphatic heterocycles. The van der Waals surface area contributed by atoms with E-state index < -0.39 is 0 Å². The molecule has 1 aromatic carbocycles. The second kappa shape index (κ2) is 8.71. The number of likely N-dealkylation sites (tertiary alicyclic amines) is 1. The fourth-order valence-corrected chi connectivity index (χ4v) is 4.85. The Bertz CT molecular complexity index is 747. The summed E-state index contributed by atoms with van der Waals surface area (Å²) in [7, 11) is 3.73. The molecule has 2 atom stereocenters. The molecule has 1 aromatic rings. The van der Waals surface area contributed by atoms with Crippen molar-refractivity contribution >= 4 is 11.8 Å². The molecule has 2 amide bonds. The molecule has 3 heterocycles. The SMILES string of the molecule is COc1cccc(C(=O)N2CCC(C(=O)N3C[C@H]4COC[C@@H]3CN(C)C4)CC2)c1. The van der Waals surface area contributed by atoms with Gasteiger partial charge in [-0.2, -0.15) is 0 Å². The molecule has 7 nitrogen and oxygen atoms in total. The lowest BCUT2D eigenvalue weighted by atomic mass is 9.94. The molecule has 0 aromatic heterocycles. The van der Waals surface area contributed by atoms with Crippen LogP contribution in [0.25, 0.3) is 0 Å². The molecule has 0 unspecified atom stereocenters. The number of likely N-dealkylation sites (N-methyl/N-ethyl adjacent to an activating group) is 1. The van der Waals surface area contributed by atoms with E-state index in [2.05, 4.69) is 16.8 Å². The van der Waals surface area contributed by atoms with E-state index in [0.717, 1.165) is 39.1 Å². The highest BCUT2D eigenvalue weighted by atomic mass is 16.5. The summed E-state index contributed by atoms with van der Waals surface area (Å²) in [5.74, 6) is 1.31. The van der Waals surface area contributed by atoms with E-state index in [1.165, 1.54) is 0 Å². The highest BCUT2D eigenvalue weighted by Crippen LogP contribution is 2.26. The van der Waals surface area contributed by atoms with Gasteiger partial charge in [0.15, 0.2) is 0 Å². The summed E-state index contributed by atoms with van der Waals surface area (Å²) < 4.78 is 11.0. The number of nitrogens with zero attached hydrogens (tertiary/aromatic N) is 3. The molecular formula is C22H31N3O4. The van der Waals surface area contributed by atoms with Crippen molar-refractivity contribution < 1.29 is 19.1 Å². The number of rotatable bonds is 3. The predicted octanol–water partition coefficient (Wildman–Crippen LogP) is 1.34. The Hall–Kier alpha value is -2.12. The van der Waals surface area contributed by atoms with E-state index in [0.29, 0.717) is 36.9 Å². The van der Waals surface area contributed by atoms with Gasteiger partial charge >= 0.3 is 0 Å². The molecule has 2 bridgehead atoms. The summed E-state index contributed by atoms with van der Waals surface area (Å²) in [5.41, 5.74) is 0.635. The van der Waals surface area contributed by atoms with Gasteiger partial charge in [0.2, 0.25) is 5.91 Å². The molecule has 3 fully saturated rings. The third-order valence-electron chi connectivity index (χ3n) is 6.38. The number of hydrogen-bond donors (Lipinski definition) is 0. The average molecular weight is 402 g/mol. The number of piperidine rings is 1. The molecule has 0 aliphatic carbocycles.